The molecule has 188 valence electrons. The van der Waals surface area contributed by atoms with Gasteiger partial charge in [-0.3, -0.25) is 14.5 Å². The van der Waals surface area contributed by atoms with Gasteiger partial charge in [0.25, 0.3) is 5.91 Å². The van der Waals surface area contributed by atoms with Gasteiger partial charge >= 0.3 is 0 Å². The Balaban J connectivity index is 1.89. The zero-order valence-electron chi connectivity index (χ0n) is 21.0. The molecule has 0 saturated heterocycles. The predicted octanol–water partition coefficient (Wildman–Crippen LogP) is 5.46. The minimum Gasteiger partial charge on any atom is -0.486 e. The van der Waals surface area contributed by atoms with Gasteiger partial charge in [0.1, 0.15) is 25.1 Å². The van der Waals surface area contributed by atoms with E-state index in [1.165, 1.54) is 17.0 Å². The molecule has 0 spiro atoms. The number of carbonyl (C=O) groups is 2. The van der Waals surface area contributed by atoms with Gasteiger partial charge < -0.3 is 14.8 Å². The summed E-state index contributed by atoms with van der Waals surface area (Å²) in [6, 6.07) is 17.1. The fourth-order valence-electron chi connectivity index (χ4n) is 4.23. The van der Waals surface area contributed by atoms with Crippen LogP contribution in [0.3, 0.4) is 0 Å². The van der Waals surface area contributed by atoms with Gasteiger partial charge in [-0.2, -0.15) is 0 Å². The van der Waals surface area contributed by atoms with E-state index in [1.54, 1.807) is 30.3 Å². The van der Waals surface area contributed by atoms with E-state index in [0.717, 1.165) is 5.56 Å². The Bertz CT molecular complexity index is 1250. The molecule has 3 aromatic rings. The van der Waals surface area contributed by atoms with Gasteiger partial charge in [-0.15, -0.1) is 0 Å². The number of aryl methyl sites for hydroxylation is 1. The fourth-order valence-corrected chi connectivity index (χ4v) is 4.23. The summed E-state index contributed by atoms with van der Waals surface area (Å²) < 4.78 is 25.2. The Kier molecular flexibility index (Phi) is 7.29. The lowest BCUT2D eigenvalue weighted by molar-refractivity contribution is -0.123. The van der Waals surface area contributed by atoms with E-state index in [-0.39, 0.29) is 11.8 Å². The van der Waals surface area contributed by atoms with Crippen molar-refractivity contribution >= 4 is 17.5 Å². The number of hydrogen-bond donors (Lipinski definition) is 1. The van der Waals surface area contributed by atoms with Gasteiger partial charge in [-0.25, -0.2) is 4.39 Å². The first-order chi connectivity index (χ1) is 17.2. The van der Waals surface area contributed by atoms with Crippen LogP contribution in [0, 0.1) is 5.82 Å². The molecule has 0 fully saturated rings. The number of nitrogens with one attached hydrogen (secondary N) is 1. The first-order valence-electron chi connectivity index (χ1n) is 12.1. The van der Waals surface area contributed by atoms with E-state index in [2.05, 4.69) is 5.32 Å². The van der Waals surface area contributed by atoms with Crippen molar-refractivity contribution in [1.29, 1.82) is 0 Å². The van der Waals surface area contributed by atoms with Crippen LogP contribution in [0.25, 0.3) is 0 Å². The van der Waals surface area contributed by atoms with Gasteiger partial charge in [0, 0.05) is 16.8 Å². The molecule has 0 aromatic heterocycles. The normalized spacial score (nSPS) is 13.6. The van der Waals surface area contributed by atoms with Crippen LogP contribution in [0.1, 0.15) is 55.2 Å². The van der Waals surface area contributed by atoms with E-state index >= 15 is 0 Å². The molecule has 1 aliphatic rings. The maximum atomic E-state index is 14.2. The number of amides is 2. The van der Waals surface area contributed by atoms with E-state index in [9.17, 15) is 14.0 Å². The van der Waals surface area contributed by atoms with Crippen molar-refractivity contribution in [2.45, 2.75) is 45.7 Å². The van der Waals surface area contributed by atoms with Crippen molar-refractivity contribution in [3.05, 3.63) is 89.2 Å². The second-order valence-electron chi connectivity index (χ2n) is 9.71. The highest BCUT2D eigenvalue weighted by Crippen LogP contribution is 2.36. The quantitative estimate of drug-likeness (QED) is 0.498. The molecule has 1 aliphatic heterocycles. The Morgan fingerprint density at radius 3 is 2.31 bits per heavy atom. The highest BCUT2D eigenvalue weighted by molar-refractivity contribution is 6.10. The number of ether oxygens (including phenoxy) is 2. The number of rotatable bonds is 6. The number of benzene rings is 3. The first-order valence-corrected chi connectivity index (χ1v) is 12.1. The monoisotopic (exact) mass is 490 g/mol. The van der Waals surface area contributed by atoms with E-state index in [1.807, 2.05) is 52.0 Å². The lowest BCUT2D eigenvalue weighted by Gasteiger charge is -2.35. The van der Waals surface area contributed by atoms with Gasteiger partial charge in [0.2, 0.25) is 5.91 Å². The average Bonchev–Trinajstić information content (AvgIpc) is 2.86. The minimum atomic E-state index is -1.04. The van der Waals surface area contributed by atoms with Gasteiger partial charge in [-0.1, -0.05) is 37.3 Å². The molecule has 36 heavy (non-hydrogen) atoms. The molecule has 2 amide bonds. The summed E-state index contributed by atoms with van der Waals surface area (Å²) in [4.78, 5) is 29.5. The third-order valence-electron chi connectivity index (χ3n) is 5.83. The Morgan fingerprint density at radius 1 is 0.972 bits per heavy atom. The van der Waals surface area contributed by atoms with Crippen LogP contribution in [-0.4, -0.2) is 30.6 Å². The average molecular weight is 491 g/mol. The SMILES string of the molecule is CCc1ccccc1N(C(=O)c1ccc2c(c1)OCCO2)[C@H](C(=O)NC(C)(C)C)c1ccc(F)cc1. The lowest BCUT2D eigenvalue weighted by atomic mass is 9.98. The van der Waals surface area contributed by atoms with E-state index in [4.69, 9.17) is 9.47 Å². The van der Waals surface area contributed by atoms with Crippen LogP contribution in [-0.2, 0) is 11.2 Å². The van der Waals surface area contributed by atoms with Crippen LogP contribution >= 0.6 is 0 Å². The molecule has 7 heteroatoms. The van der Waals surface area contributed by atoms with Crippen molar-refractivity contribution in [1.82, 2.24) is 5.32 Å². The number of nitrogens with zero attached hydrogens (tertiary/aromatic N) is 1. The molecule has 1 heterocycles. The molecule has 4 rings (SSSR count). The molecule has 0 saturated carbocycles. The Morgan fingerprint density at radius 2 is 1.64 bits per heavy atom. The number of fused-ring (bicyclic) bond motifs is 1. The molecule has 6 nitrogen and oxygen atoms in total. The summed E-state index contributed by atoms with van der Waals surface area (Å²) in [6.45, 7) is 8.45. The number of para-hydroxylation sites is 1. The van der Waals surface area contributed by atoms with Gasteiger partial charge in [0.15, 0.2) is 11.5 Å². The second kappa shape index (κ2) is 10.4. The molecule has 0 radical (unpaired) electrons. The highest BCUT2D eigenvalue weighted by atomic mass is 19.1. The van der Waals surface area contributed by atoms with Gasteiger partial charge in [0.05, 0.1) is 0 Å². The van der Waals surface area contributed by atoms with Crippen molar-refractivity contribution in [3.8, 4) is 11.5 Å². The van der Waals surface area contributed by atoms with Crippen molar-refractivity contribution in [3.63, 3.8) is 0 Å². The molecule has 0 bridgehead atoms. The largest absolute Gasteiger partial charge is 0.486 e. The smallest absolute Gasteiger partial charge is 0.259 e. The van der Waals surface area contributed by atoms with Crippen molar-refractivity contribution in [2.75, 3.05) is 18.1 Å². The predicted molar refractivity (Wildman–Crippen MR) is 137 cm³/mol. The van der Waals surface area contributed by atoms with Crippen LogP contribution in [0.2, 0.25) is 0 Å². The topological polar surface area (TPSA) is 67.9 Å². The van der Waals surface area contributed by atoms with Gasteiger partial charge in [-0.05, 0) is 74.7 Å². The number of carbonyl (C=O) groups excluding carboxylic acids is 2. The number of anilines is 1. The molecule has 0 aliphatic carbocycles. The maximum absolute atomic E-state index is 14.2. The Labute approximate surface area is 211 Å². The maximum Gasteiger partial charge on any atom is 0.259 e. The molecular weight excluding hydrogens is 459 g/mol. The fraction of sp³-hybridized carbons (Fsp3) is 0.310. The molecule has 1 atom stereocenters. The number of halogens is 1. The summed E-state index contributed by atoms with van der Waals surface area (Å²) >= 11 is 0. The van der Waals surface area contributed by atoms with Crippen LogP contribution in [0.4, 0.5) is 10.1 Å². The van der Waals surface area contributed by atoms with Crippen LogP contribution in [0.15, 0.2) is 66.7 Å². The summed E-state index contributed by atoms with van der Waals surface area (Å²) in [6.07, 6.45) is 0.651. The van der Waals surface area contributed by atoms with Crippen LogP contribution < -0.4 is 19.7 Å². The highest BCUT2D eigenvalue weighted by Gasteiger charge is 2.36. The Hall–Kier alpha value is -3.87. The third kappa shape index (κ3) is 5.51. The molecule has 3 aromatic carbocycles. The molecule has 0 unspecified atom stereocenters. The summed E-state index contributed by atoms with van der Waals surface area (Å²) in [7, 11) is 0. The summed E-state index contributed by atoms with van der Waals surface area (Å²) in [5, 5.41) is 3.01. The third-order valence-corrected chi connectivity index (χ3v) is 5.83. The van der Waals surface area contributed by atoms with E-state index < -0.39 is 17.4 Å². The molecular formula is C29H31FN2O4. The first kappa shape index (κ1) is 25.2. The van der Waals surface area contributed by atoms with Crippen molar-refractivity contribution in [2.24, 2.45) is 0 Å². The molecule has 1 N–H and O–H groups in total. The number of hydrogen-bond acceptors (Lipinski definition) is 4. The standard InChI is InChI=1S/C29H31FN2O4/c1-5-19-8-6-7-9-23(19)32(28(34)21-12-15-24-25(18-21)36-17-16-35-24)26(27(33)31-29(2,3)4)20-10-13-22(30)14-11-20/h6-15,18,26H,5,16-17H2,1-4H3,(H,31,33)/t26-/m0/s1. The summed E-state index contributed by atoms with van der Waals surface area (Å²) in [5.41, 5.74) is 1.80. The van der Waals surface area contributed by atoms with Crippen molar-refractivity contribution < 1.29 is 23.5 Å². The lowest BCUT2D eigenvalue weighted by Crippen LogP contribution is -2.49. The van der Waals surface area contributed by atoms with E-state index in [0.29, 0.717) is 47.9 Å². The summed E-state index contributed by atoms with van der Waals surface area (Å²) in [5.74, 6) is -0.128. The minimum absolute atomic E-state index is 0.348. The zero-order chi connectivity index (χ0) is 25.9. The second-order valence-corrected chi connectivity index (χ2v) is 9.71. The van der Waals surface area contributed by atoms with Crippen LogP contribution in [0.5, 0.6) is 11.5 Å². The zero-order valence-corrected chi connectivity index (χ0v) is 21.0.